The summed E-state index contributed by atoms with van der Waals surface area (Å²) in [5.74, 6) is 1.34. The summed E-state index contributed by atoms with van der Waals surface area (Å²) in [5, 5.41) is 2.33. The third kappa shape index (κ3) is 6.09. The Morgan fingerprint density at radius 2 is 1.03 bits per heavy atom. The molecule has 0 saturated heterocycles. The molecule has 0 fully saturated rings. The summed E-state index contributed by atoms with van der Waals surface area (Å²) in [7, 11) is 0. The van der Waals surface area contributed by atoms with Crippen LogP contribution in [0.15, 0.2) is 199 Å². The molecule has 0 aliphatic heterocycles. The Bertz CT molecular complexity index is 3200. The number of hydrogen-bond acceptors (Lipinski definition) is 2. The smallest absolute Gasteiger partial charge is 0.338 e. The molecule has 10 rings (SSSR count). The van der Waals surface area contributed by atoms with E-state index in [0.717, 1.165) is 55.6 Å². The second-order valence-electron chi connectivity index (χ2n) is 15.8. The van der Waals surface area contributed by atoms with Crippen LogP contribution in [0.2, 0.25) is 0 Å². The number of benzene rings is 8. The number of fused-ring (bicyclic) bond motifs is 4. The van der Waals surface area contributed by atoms with Crippen LogP contribution in [0, 0.1) is 0 Å². The van der Waals surface area contributed by atoms with Crippen molar-refractivity contribution in [3.05, 3.63) is 210 Å². The maximum Gasteiger partial charge on any atom is 0.338 e. The van der Waals surface area contributed by atoms with Gasteiger partial charge < -0.3 is 9.30 Å². The molecule has 58 heavy (non-hydrogen) atoms. The Morgan fingerprint density at radius 1 is 0.414 bits per heavy atom. The number of rotatable bonds is 7. The molecule has 0 aliphatic rings. The Labute approximate surface area is 337 Å². The van der Waals surface area contributed by atoms with Crippen molar-refractivity contribution in [3.8, 4) is 50.8 Å². The number of ether oxygens (including phenoxy) is 1. The van der Waals surface area contributed by atoms with Crippen LogP contribution in [0.1, 0.15) is 26.3 Å². The van der Waals surface area contributed by atoms with Crippen molar-refractivity contribution >= 4 is 32.8 Å². The Balaban J connectivity index is 1.08. The van der Waals surface area contributed by atoms with Gasteiger partial charge in [-0.05, 0) is 88.3 Å². The zero-order chi connectivity index (χ0) is 39.4. The highest BCUT2D eigenvalue weighted by atomic mass is 16.5. The molecule has 0 saturated carbocycles. The molecule has 8 aromatic carbocycles. The van der Waals surface area contributed by atoms with Gasteiger partial charge in [-0.25, -0.2) is 4.79 Å². The van der Waals surface area contributed by atoms with Gasteiger partial charge in [-0.1, -0.05) is 142 Å². The van der Waals surface area contributed by atoms with Crippen molar-refractivity contribution < 1.29 is 4.74 Å². The maximum atomic E-state index is 14.6. The predicted octanol–water partition coefficient (Wildman–Crippen LogP) is 13.3. The summed E-state index contributed by atoms with van der Waals surface area (Å²) < 4.78 is 12.6. The molecule has 2 aromatic heterocycles. The minimum absolute atomic E-state index is 0.0584. The molecule has 5 nitrogen and oxygen atoms in total. The molecule has 0 bridgehead atoms. The van der Waals surface area contributed by atoms with E-state index in [1.165, 1.54) is 22.1 Å². The van der Waals surface area contributed by atoms with Crippen molar-refractivity contribution in [2.45, 2.75) is 26.2 Å². The van der Waals surface area contributed by atoms with E-state index in [1.807, 2.05) is 95.6 Å². The lowest BCUT2D eigenvalue weighted by Gasteiger charge is -2.22. The molecule has 0 amide bonds. The van der Waals surface area contributed by atoms with Crippen LogP contribution < -0.4 is 10.4 Å². The van der Waals surface area contributed by atoms with Gasteiger partial charge in [0.2, 0.25) is 0 Å². The molecule has 5 heteroatoms. The van der Waals surface area contributed by atoms with Gasteiger partial charge in [0, 0.05) is 34.2 Å². The van der Waals surface area contributed by atoms with Crippen molar-refractivity contribution in [1.29, 1.82) is 0 Å². The van der Waals surface area contributed by atoms with Crippen LogP contribution in [0.4, 0.5) is 0 Å². The van der Waals surface area contributed by atoms with Gasteiger partial charge in [-0.15, -0.1) is 0 Å². The van der Waals surface area contributed by atoms with Crippen LogP contribution in [0.25, 0.3) is 72.2 Å². The van der Waals surface area contributed by atoms with E-state index >= 15 is 0 Å². The van der Waals surface area contributed by atoms with Crippen LogP contribution >= 0.6 is 0 Å². The summed E-state index contributed by atoms with van der Waals surface area (Å²) in [6, 6.07) is 66.4. The van der Waals surface area contributed by atoms with Crippen molar-refractivity contribution in [3.63, 3.8) is 0 Å². The molecular weight excluding hydrogens is 711 g/mol. The minimum atomic E-state index is -0.153. The highest BCUT2D eigenvalue weighted by Gasteiger charge is 2.21. The van der Waals surface area contributed by atoms with E-state index in [0.29, 0.717) is 11.5 Å². The SMILES string of the molecule is CC(C)(C)c1cc(-c2ccccc2)cc(-n2c3ccccc3c3ccc(Oc4cccc(-n5c(=O)n(-c6ccccc6-c6ccccc6)c6ccccc65)c4)cc32)c1. The Kier molecular flexibility index (Phi) is 8.45. The lowest BCUT2D eigenvalue weighted by Crippen LogP contribution is -2.22. The quantitative estimate of drug-likeness (QED) is 0.163. The summed E-state index contributed by atoms with van der Waals surface area (Å²) in [5.41, 5.74) is 11.9. The van der Waals surface area contributed by atoms with Gasteiger partial charge in [0.15, 0.2) is 0 Å². The maximum absolute atomic E-state index is 14.6. The van der Waals surface area contributed by atoms with Crippen LogP contribution in [-0.2, 0) is 5.41 Å². The molecule has 280 valence electrons. The summed E-state index contributed by atoms with van der Waals surface area (Å²) in [6.07, 6.45) is 0. The fourth-order valence-corrected chi connectivity index (χ4v) is 8.25. The van der Waals surface area contributed by atoms with Gasteiger partial charge in [-0.2, -0.15) is 0 Å². The molecule has 0 radical (unpaired) electrons. The van der Waals surface area contributed by atoms with Gasteiger partial charge in [0.25, 0.3) is 0 Å². The van der Waals surface area contributed by atoms with E-state index in [1.54, 1.807) is 4.57 Å². The lowest BCUT2D eigenvalue weighted by atomic mass is 9.85. The molecule has 0 aliphatic carbocycles. The second kappa shape index (κ2) is 14.0. The Hall–Kier alpha value is -7.37. The van der Waals surface area contributed by atoms with E-state index in [-0.39, 0.29) is 11.1 Å². The van der Waals surface area contributed by atoms with Crippen molar-refractivity contribution in [2.24, 2.45) is 0 Å². The first-order valence-electron chi connectivity index (χ1n) is 19.7. The summed E-state index contributed by atoms with van der Waals surface area (Å²) >= 11 is 0. The lowest BCUT2D eigenvalue weighted by molar-refractivity contribution is 0.483. The van der Waals surface area contributed by atoms with E-state index < -0.39 is 0 Å². The summed E-state index contributed by atoms with van der Waals surface area (Å²) in [4.78, 5) is 14.6. The van der Waals surface area contributed by atoms with Gasteiger partial charge in [0.05, 0.1) is 33.4 Å². The highest BCUT2D eigenvalue weighted by Crippen LogP contribution is 2.39. The first kappa shape index (κ1) is 35.1. The molecular formula is C53H41N3O2. The zero-order valence-electron chi connectivity index (χ0n) is 32.6. The minimum Gasteiger partial charge on any atom is -0.457 e. The molecule has 10 aromatic rings. The molecule has 0 unspecified atom stereocenters. The monoisotopic (exact) mass is 751 g/mol. The summed E-state index contributed by atoms with van der Waals surface area (Å²) in [6.45, 7) is 6.80. The number of aromatic nitrogens is 3. The average Bonchev–Trinajstić information content (AvgIpc) is 3.74. The average molecular weight is 752 g/mol. The first-order valence-corrected chi connectivity index (χ1v) is 19.7. The third-order valence-electron chi connectivity index (χ3n) is 11.1. The van der Waals surface area contributed by atoms with Crippen molar-refractivity contribution in [2.75, 3.05) is 0 Å². The molecule has 0 atom stereocenters. The first-order chi connectivity index (χ1) is 28.3. The highest BCUT2D eigenvalue weighted by molar-refractivity contribution is 6.09. The normalized spacial score (nSPS) is 11.8. The number of hydrogen-bond donors (Lipinski definition) is 0. The van der Waals surface area contributed by atoms with Gasteiger partial charge in [0.1, 0.15) is 11.5 Å². The second-order valence-corrected chi connectivity index (χ2v) is 15.8. The topological polar surface area (TPSA) is 41.1 Å². The fourth-order valence-electron chi connectivity index (χ4n) is 8.25. The van der Waals surface area contributed by atoms with E-state index in [2.05, 4.69) is 128 Å². The third-order valence-corrected chi connectivity index (χ3v) is 11.1. The Morgan fingerprint density at radius 3 is 1.79 bits per heavy atom. The predicted molar refractivity (Wildman–Crippen MR) is 239 cm³/mol. The largest absolute Gasteiger partial charge is 0.457 e. The standard InChI is InChI=1S/C53H41N3O2/c1-53(2,3)39-31-38(36-17-6-4-7-18-36)32-41(33-39)54-48-26-13-11-24-45(48)46-30-29-43(35-51(46)54)58-42-22-16-21-40(34-42)55-49-27-14-15-28-50(49)56(52(55)57)47-25-12-10-23-44(47)37-19-8-5-9-20-37/h4-35H,1-3H3. The van der Waals surface area contributed by atoms with Crippen molar-refractivity contribution in [1.82, 2.24) is 13.7 Å². The van der Waals surface area contributed by atoms with Crippen LogP contribution in [0.5, 0.6) is 11.5 Å². The number of nitrogens with zero attached hydrogens (tertiary/aromatic N) is 3. The molecule has 0 spiro atoms. The number of imidazole rings is 1. The van der Waals surface area contributed by atoms with Gasteiger partial charge >= 0.3 is 5.69 Å². The zero-order valence-corrected chi connectivity index (χ0v) is 32.6. The van der Waals surface area contributed by atoms with Crippen LogP contribution in [0.3, 0.4) is 0 Å². The van der Waals surface area contributed by atoms with Gasteiger partial charge in [-0.3, -0.25) is 9.13 Å². The van der Waals surface area contributed by atoms with Crippen LogP contribution in [-0.4, -0.2) is 13.7 Å². The number of para-hydroxylation sites is 4. The molecule has 0 N–H and O–H groups in total. The molecule has 2 heterocycles. The van der Waals surface area contributed by atoms with E-state index in [4.69, 9.17) is 4.74 Å². The fraction of sp³-hybridized carbons (Fsp3) is 0.0755. The van der Waals surface area contributed by atoms with E-state index in [9.17, 15) is 4.79 Å².